The molecule has 0 radical (unpaired) electrons. The van der Waals surface area contributed by atoms with Gasteiger partial charge in [0, 0.05) is 24.9 Å². The first-order valence-electron chi connectivity index (χ1n) is 6.30. The molecule has 1 atom stereocenters. The number of rotatable bonds is 7. The lowest BCUT2D eigenvalue weighted by Gasteiger charge is -2.21. The molecule has 0 spiro atoms. The SMILES string of the molecule is CC(CN1CCCC1)NC(=O)CCCCCl. The molecule has 1 aliphatic heterocycles. The standard InChI is InChI=1S/C12H23ClN2O/c1-11(10-15-8-4-5-9-15)14-12(16)6-2-3-7-13/h11H,2-10H2,1H3,(H,14,16). The monoisotopic (exact) mass is 246 g/mol. The third kappa shape index (κ3) is 5.71. The Balaban J connectivity index is 2.07. The molecule has 1 unspecified atom stereocenters. The van der Waals surface area contributed by atoms with Crippen molar-refractivity contribution in [2.45, 2.75) is 45.1 Å². The van der Waals surface area contributed by atoms with E-state index in [4.69, 9.17) is 11.6 Å². The Bertz CT molecular complexity index is 205. The van der Waals surface area contributed by atoms with Crippen LogP contribution in [0.5, 0.6) is 0 Å². The summed E-state index contributed by atoms with van der Waals surface area (Å²) in [5.41, 5.74) is 0. The minimum absolute atomic E-state index is 0.164. The van der Waals surface area contributed by atoms with Crippen molar-refractivity contribution in [3.8, 4) is 0 Å². The molecule has 4 heteroatoms. The molecule has 1 heterocycles. The average Bonchev–Trinajstić information content (AvgIpc) is 2.70. The molecule has 1 rings (SSSR count). The topological polar surface area (TPSA) is 32.3 Å². The number of carbonyl (C=O) groups is 1. The zero-order chi connectivity index (χ0) is 11.8. The Labute approximate surface area is 104 Å². The van der Waals surface area contributed by atoms with Crippen LogP contribution in [0.2, 0.25) is 0 Å². The van der Waals surface area contributed by atoms with Gasteiger partial charge in [0.1, 0.15) is 0 Å². The lowest BCUT2D eigenvalue weighted by Crippen LogP contribution is -2.40. The van der Waals surface area contributed by atoms with Crippen LogP contribution in [0.1, 0.15) is 39.0 Å². The summed E-state index contributed by atoms with van der Waals surface area (Å²) in [6.45, 7) is 5.44. The van der Waals surface area contributed by atoms with Gasteiger partial charge in [-0.2, -0.15) is 0 Å². The van der Waals surface area contributed by atoms with Crippen LogP contribution in [0.25, 0.3) is 0 Å². The van der Waals surface area contributed by atoms with Gasteiger partial charge in [0.05, 0.1) is 0 Å². The molecule has 1 amide bonds. The molecule has 1 saturated heterocycles. The molecule has 1 N–H and O–H groups in total. The van der Waals surface area contributed by atoms with Gasteiger partial charge in [-0.25, -0.2) is 0 Å². The van der Waals surface area contributed by atoms with E-state index >= 15 is 0 Å². The first-order valence-corrected chi connectivity index (χ1v) is 6.83. The zero-order valence-electron chi connectivity index (χ0n) is 10.2. The number of carbonyl (C=O) groups excluding carboxylic acids is 1. The number of likely N-dealkylation sites (tertiary alicyclic amines) is 1. The van der Waals surface area contributed by atoms with Crippen molar-refractivity contribution in [2.24, 2.45) is 0 Å². The summed E-state index contributed by atoms with van der Waals surface area (Å²) in [6, 6.07) is 0.265. The van der Waals surface area contributed by atoms with Gasteiger partial charge in [-0.05, 0) is 45.7 Å². The van der Waals surface area contributed by atoms with E-state index in [9.17, 15) is 4.79 Å². The highest BCUT2D eigenvalue weighted by Crippen LogP contribution is 2.07. The number of nitrogens with one attached hydrogen (secondary N) is 1. The first-order chi connectivity index (χ1) is 7.72. The molecule has 0 bridgehead atoms. The fraction of sp³-hybridized carbons (Fsp3) is 0.917. The number of hydrogen-bond acceptors (Lipinski definition) is 2. The van der Waals surface area contributed by atoms with Crippen LogP contribution in [0.15, 0.2) is 0 Å². The van der Waals surface area contributed by atoms with Crippen molar-refractivity contribution in [3.05, 3.63) is 0 Å². The molecule has 94 valence electrons. The van der Waals surface area contributed by atoms with Crippen molar-refractivity contribution < 1.29 is 4.79 Å². The maximum atomic E-state index is 11.5. The van der Waals surface area contributed by atoms with Crippen LogP contribution < -0.4 is 5.32 Å². The van der Waals surface area contributed by atoms with Gasteiger partial charge in [0.25, 0.3) is 0 Å². The highest BCUT2D eigenvalue weighted by atomic mass is 35.5. The van der Waals surface area contributed by atoms with Crippen molar-refractivity contribution in [3.63, 3.8) is 0 Å². The third-order valence-corrected chi connectivity index (χ3v) is 3.19. The summed E-state index contributed by atoms with van der Waals surface area (Å²) >= 11 is 5.57. The van der Waals surface area contributed by atoms with Crippen molar-refractivity contribution in [1.82, 2.24) is 10.2 Å². The molecule has 0 aromatic heterocycles. The van der Waals surface area contributed by atoms with Crippen molar-refractivity contribution in [1.29, 1.82) is 0 Å². The minimum Gasteiger partial charge on any atom is -0.352 e. The average molecular weight is 247 g/mol. The van der Waals surface area contributed by atoms with Crippen LogP contribution in [-0.2, 0) is 4.79 Å². The summed E-state index contributed by atoms with van der Waals surface area (Å²) in [5, 5.41) is 3.04. The smallest absolute Gasteiger partial charge is 0.220 e. The van der Waals surface area contributed by atoms with E-state index in [0.717, 1.165) is 19.4 Å². The molecule has 0 aromatic carbocycles. The summed E-state index contributed by atoms with van der Waals surface area (Å²) < 4.78 is 0. The predicted octanol–water partition coefficient (Wildman–Crippen LogP) is 2.00. The van der Waals surface area contributed by atoms with Gasteiger partial charge >= 0.3 is 0 Å². The van der Waals surface area contributed by atoms with Gasteiger partial charge in [-0.3, -0.25) is 4.79 Å². The van der Waals surface area contributed by atoms with E-state index in [1.54, 1.807) is 0 Å². The Morgan fingerprint density at radius 2 is 2.06 bits per heavy atom. The third-order valence-electron chi connectivity index (χ3n) is 2.93. The Morgan fingerprint density at radius 1 is 1.38 bits per heavy atom. The second-order valence-electron chi connectivity index (χ2n) is 4.62. The van der Waals surface area contributed by atoms with Gasteiger partial charge < -0.3 is 10.2 Å². The van der Waals surface area contributed by atoms with E-state index < -0.39 is 0 Å². The zero-order valence-corrected chi connectivity index (χ0v) is 10.9. The van der Waals surface area contributed by atoms with E-state index in [-0.39, 0.29) is 11.9 Å². The second-order valence-corrected chi connectivity index (χ2v) is 5.00. The van der Waals surface area contributed by atoms with Crippen LogP contribution in [0.3, 0.4) is 0 Å². The molecule has 1 fully saturated rings. The fourth-order valence-electron chi connectivity index (χ4n) is 2.13. The number of amides is 1. The largest absolute Gasteiger partial charge is 0.352 e. The lowest BCUT2D eigenvalue weighted by atomic mass is 10.2. The molecule has 0 aliphatic carbocycles. The fourth-order valence-corrected chi connectivity index (χ4v) is 2.31. The predicted molar refractivity (Wildman–Crippen MR) is 67.8 cm³/mol. The molecule has 16 heavy (non-hydrogen) atoms. The number of unbranched alkanes of at least 4 members (excludes halogenated alkanes) is 1. The first kappa shape index (κ1) is 13.8. The Kier molecular flexibility index (Phi) is 6.81. The van der Waals surface area contributed by atoms with E-state index in [1.807, 2.05) is 0 Å². The highest BCUT2D eigenvalue weighted by Gasteiger charge is 2.15. The highest BCUT2D eigenvalue weighted by molar-refractivity contribution is 6.17. The van der Waals surface area contributed by atoms with Crippen LogP contribution in [0, 0.1) is 0 Å². The van der Waals surface area contributed by atoms with E-state index in [1.165, 1.54) is 25.9 Å². The molecule has 3 nitrogen and oxygen atoms in total. The molecule has 0 saturated carbocycles. The maximum Gasteiger partial charge on any atom is 0.220 e. The Hall–Kier alpha value is -0.280. The van der Waals surface area contributed by atoms with Crippen molar-refractivity contribution >= 4 is 17.5 Å². The van der Waals surface area contributed by atoms with Crippen LogP contribution in [0.4, 0.5) is 0 Å². The maximum absolute atomic E-state index is 11.5. The van der Waals surface area contributed by atoms with Crippen LogP contribution >= 0.6 is 11.6 Å². The quantitative estimate of drug-likeness (QED) is 0.551. The summed E-state index contributed by atoms with van der Waals surface area (Å²) in [6.07, 6.45) is 5.03. The number of halogens is 1. The summed E-state index contributed by atoms with van der Waals surface area (Å²) in [5.74, 6) is 0.813. The summed E-state index contributed by atoms with van der Waals surface area (Å²) in [7, 11) is 0. The summed E-state index contributed by atoms with van der Waals surface area (Å²) in [4.78, 5) is 13.9. The van der Waals surface area contributed by atoms with Crippen molar-refractivity contribution in [2.75, 3.05) is 25.5 Å². The van der Waals surface area contributed by atoms with E-state index in [2.05, 4.69) is 17.1 Å². The molecule has 1 aliphatic rings. The molecular formula is C12H23ClN2O. The molecule has 0 aromatic rings. The van der Waals surface area contributed by atoms with Crippen LogP contribution in [-0.4, -0.2) is 42.4 Å². The van der Waals surface area contributed by atoms with Gasteiger partial charge in [-0.1, -0.05) is 0 Å². The second kappa shape index (κ2) is 7.91. The number of nitrogens with zero attached hydrogens (tertiary/aromatic N) is 1. The molecular weight excluding hydrogens is 224 g/mol. The lowest BCUT2D eigenvalue weighted by molar-refractivity contribution is -0.121. The number of alkyl halides is 1. The van der Waals surface area contributed by atoms with Gasteiger partial charge in [-0.15, -0.1) is 11.6 Å². The van der Waals surface area contributed by atoms with E-state index in [0.29, 0.717) is 12.3 Å². The van der Waals surface area contributed by atoms with Gasteiger partial charge in [0.2, 0.25) is 5.91 Å². The number of hydrogen-bond donors (Lipinski definition) is 1. The van der Waals surface area contributed by atoms with Gasteiger partial charge in [0.15, 0.2) is 0 Å². The minimum atomic E-state index is 0.164. The Morgan fingerprint density at radius 3 is 2.69 bits per heavy atom. The normalized spacial score (nSPS) is 18.6.